The van der Waals surface area contributed by atoms with E-state index in [4.69, 9.17) is 9.47 Å². The predicted molar refractivity (Wildman–Crippen MR) is 83.1 cm³/mol. The zero-order chi connectivity index (χ0) is 16.0. The van der Waals surface area contributed by atoms with Crippen LogP contribution in [0.15, 0.2) is 29.1 Å². The number of aromatic nitrogens is 1. The number of aromatic hydroxyl groups is 2. The molecule has 0 aliphatic carbocycles. The van der Waals surface area contributed by atoms with Crippen molar-refractivity contribution in [3.8, 4) is 23.0 Å². The van der Waals surface area contributed by atoms with Gasteiger partial charge in [0.05, 0.1) is 30.6 Å². The summed E-state index contributed by atoms with van der Waals surface area (Å²) in [7, 11) is 4.59. The molecule has 3 rings (SSSR count). The predicted octanol–water partition coefficient (Wildman–Crippen LogP) is 2.12. The summed E-state index contributed by atoms with van der Waals surface area (Å²) in [6.07, 6.45) is 0. The third-order valence-electron chi connectivity index (χ3n) is 3.80. The summed E-state index contributed by atoms with van der Waals surface area (Å²) >= 11 is 0. The first-order valence-electron chi connectivity index (χ1n) is 6.59. The molecule has 6 heteroatoms. The van der Waals surface area contributed by atoms with Crippen LogP contribution in [0.25, 0.3) is 21.8 Å². The van der Waals surface area contributed by atoms with Crippen molar-refractivity contribution < 1.29 is 19.7 Å². The first kappa shape index (κ1) is 14.1. The average Bonchev–Trinajstić information content (AvgIpc) is 2.51. The Kier molecular flexibility index (Phi) is 3.09. The van der Waals surface area contributed by atoms with Gasteiger partial charge in [0.25, 0.3) is 0 Å². The number of rotatable bonds is 2. The van der Waals surface area contributed by atoms with Crippen LogP contribution < -0.4 is 14.9 Å². The molecule has 0 spiro atoms. The van der Waals surface area contributed by atoms with Gasteiger partial charge < -0.3 is 24.3 Å². The molecule has 0 aliphatic rings. The number of hydrogen-bond donors (Lipinski definition) is 2. The molecular formula is C16H15NO5. The van der Waals surface area contributed by atoms with Crippen molar-refractivity contribution in [1.29, 1.82) is 0 Å². The lowest BCUT2D eigenvalue weighted by molar-refractivity contribution is 0.335. The van der Waals surface area contributed by atoms with Crippen LogP contribution in [-0.4, -0.2) is 29.0 Å². The van der Waals surface area contributed by atoms with E-state index in [-0.39, 0.29) is 28.1 Å². The Morgan fingerprint density at radius 1 is 1.05 bits per heavy atom. The highest BCUT2D eigenvalue weighted by atomic mass is 16.5. The van der Waals surface area contributed by atoms with Crippen LogP contribution in [0, 0.1) is 0 Å². The molecule has 1 heterocycles. The lowest BCUT2D eigenvalue weighted by atomic mass is 10.1. The second-order valence-electron chi connectivity index (χ2n) is 4.94. The Balaban J connectivity index is 2.62. The fourth-order valence-corrected chi connectivity index (χ4v) is 2.70. The summed E-state index contributed by atoms with van der Waals surface area (Å²) in [5.41, 5.74) is 0.712. The van der Waals surface area contributed by atoms with E-state index in [0.717, 1.165) is 0 Å². The molecule has 2 aromatic carbocycles. The molecular weight excluding hydrogens is 286 g/mol. The number of nitrogens with zero attached hydrogens (tertiary/aromatic N) is 1. The van der Waals surface area contributed by atoms with E-state index in [2.05, 4.69) is 0 Å². The Morgan fingerprint density at radius 2 is 1.77 bits per heavy atom. The molecule has 6 nitrogen and oxygen atoms in total. The summed E-state index contributed by atoms with van der Waals surface area (Å²) in [4.78, 5) is 12.7. The van der Waals surface area contributed by atoms with Crippen molar-refractivity contribution in [2.24, 2.45) is 7.05 Å². The molecule has 114 valence electrons. The number of fused-ring (bicyclic) bond motifs is 2. The largest absolute Gasteiger partial charge is 0.508 e. The normalized spacial score (nSPS) is 11.0. The Bertz CT molecular complexity index is 959. The lowest BCUT2D eigenvalue weighted by Crippen LogP contribution is -2.10. The summed E-state index contributed by atoms with van der Waals surface area (Å²) in [5, 5.41) is 20.6. The molecule has 0 fully saturated rings. The van der Waals surface area contributed by atoms with E-state index in [1.54, 1.807) is 17.7 Å². The topological polar surface area (TPSA) is 80.9 Å². The van der Waals surface area contributed by atoms with E-state index < -0.39 is 0 Å². The van der Waals surface area contributed by atoms with Crippen molar-refractivity contribution in [1.82, 2.24) is 4.57 Å². The zero-order valence-corrected chi connectivity index (χ0v) is 12.4. The molecule has 0 saturated carbocycles. The number of phenols is 2. The van der Waals surface area contributed by atoms with Gasteiger partial charge in [-0.25, -0.2) is 0 Å². The minimum absolute atomic E-state index is 0.0616. The zero-order valence-electron chi connectivity index (χ0n) is 12.4. The Hall–Kier alpha value is -2.89. The second-order valence-corrected chi connectivity index (χ2v) is 4.94. The Labute approximate surface area is 125 Å². The van der Waals surface area contributed by atoms with Gasteiger partial charge in [0, 0.05) is 24.6 Å². The van der Waals surface area contributed by atoms with Crippen LogP contribution >= 0.6 is 0 Å². The van der Waals surface area contributed by atoms with Crippen LogP contribution in [0.1, 0.15) is 0 Å². The van der Waals surface area contributed by atoms with Crippen molar-refractivity contribution >= 4 is 21.8 Å². The highest BCUT2D eigenvalue weighted by Crippen LogP contribution is 2.41. The van der Waals surface area contributed by atoms with Gasteiger partial charge in [0.1, 0.15) is 5.75 Å². The molecule has 0 unspecified atom stereocenters. The van der Waals surface area contributed by atoms with Crippen LogP contribution in [0.2, 0.25) is 0 Å². The van der Waals surface area contributed by atoms with E-state index >= 15 is 0 Å². The third-order valence-corrected chi connectivity index (χ3v) is 3.80. The van der Waals surface area contributed by atoms with Gasteiger partial charge >= 0.3 is 0 Å². The molecule has 0 aliphatic heterocycles. The average molecular weight is 301 g/mol. The van der Waals surface area contributed by atoms with E-state index in [9.17, 15) is 15.0 Å². The summed E-state index contributed by atoms with van der Waals surface area (Å²) in [6.45, 7) is 0. The van der Waals surface area contributed by atoms with Crippen molar-refractivity contribution in [3.05, 3.63) is 34.5 Å². The van der Waals surface area contributed by atoms with E-state index in [1.807, 2.05) is 0 Å². The Morgan fingerprint density at radius 3 is 2.41 bits per heavy atom. The number of pyridine rings is 1. The van der Waals surface area contributed by atoms with Gasteiger partial charge in [-0.2, -0.15) is 0 Å². The highest BCUT2D eigenvalue weighted by Gasteiger charge is 2.20. The molecule has 22 heavy (non-hydrogen) atoms. The first-order valence-corrected chi connectivity index (χ1v) is 6.59. The third kappa shape index (κ3) is 1.77. The number of phenolic OH excluding ortho intramolecular Hbond substituents is 2. The smallest absolute Gasteiger partial charge is 0.203 e. The maximum Gasteiger partial charge on any atom is 0.203 e. The fraction of sp³-hybridized carbons (Fsp3) is 0.188. The monoisotopic (exact) mass is 301 g/mol. The molecule has 1 aromatic heterocycles. The van der Waals surface area contributed by atoms with Crippen LogP contribution in [0.4, 0.5) is 0 Å². The SMILES string of the molecule is COc1cc2c(c(O)c1OC)c(=O)c1ccc(O)cc1n2C. The number of methoxy groups -OCH3 is 2. The summed E-state index contributed by atoms with van der Waals surface area (Å²) < 4.78 is 12.1. The van der Waals surface area contributed by atoms with E-state index in [1.165, 1.54) is 32.4 Å². The van der Waals surface area contributed by atoms with Crippen LogP contribution in [-0.2, 0) is 7.05 Å². The molecule has 0 atom stereocenters. The highest BCUT2D eigenvalue weighted by molar-refractivity contribution is 5.99. The maximum atomic E-state index is 12.7. The maximum absolute atomic E-state index is 12.7. The number of ether oxygens (including phenoxy) is 2. The standard InChI is InChI=1S/C16H15NO5/c1-17-10-6-8(18)4-5-9(10)14(19)13-11(17)7-12(21-2)16(22-3)15(13)20/h4-7,18,20H,1-3H3. The van der Waals surface area contributed by atoms with Crippen molar-refractivity contribution in [2.45, 2.75) is 0 Å². The van der Waals surface area contributed by atoms with Gasteiger partial charge in [-0.1, -0.05) is 0 Å². The number of aryl methyl sites for hydroxylation is 1. The van der Waals surface area contributed by atoms with Gasteiger partial charge in [-0.05, 0) is 12.1 Å². The first-order chi connectivity index (χ1) is 10.5. The molecule has 0 saturated heterocycles. The fourth-order valence-electron chi connectivity index (χ4n) is 2.70. The summed E-state index contributed by atoms with van der Waals surface area (Å²) in [6, 6.07) is 6.10. The number of hydrogen-bond acceptors (Lipinski definition) is 5. The molecule has 0 bridgehead atoms. The van der Waals surface area contributed by atoms with Gasteiger partial charge in [-0.3, -0.25) is 4.79 Å². The molecule has 2 N–H and O–H groups in total. The van der Waals surface area contributed by atoms with Gasteiger partial charge in [0.15, 0.2) is 11.5 Å². The van der Waals surface area contributed by atoms with Crippen LogP contribution in [0.5, 0.6) is 23.0 Å². The minimum atomic E-state index is -0.332. The quantitative estimate of drug-likeness (QED) is 0.709. The van der Waals surface area contributed by atoms with Crippen molar-refractivity contribution in [3.63, 3.8) is 0 Å². The lowest BCUT2D eigenvalue weighted by Gasteiger charge is -2.15. The number of benzene rings is 2. The molecule has 0 radical (unpaired) electrons. The van der Waals surface area contributed by atoms with Crippen LogP contribution in [0.3, 0.4) is 0 Å². The van der Waals surface area contributed by atoms with E-state index in [0.29, 0.717) is 22.2 Å². The summed E-state index contributed by atoms with van der Waals surface area (Å²) in [5.74, 6) is 0.242. The van der Waals surface area contributed by atoms with Crippen molar-refractivity contribution in [2.75, 3.05) is 14.2 Å². The molecule has 0 amide bonds. The molecule has 3 aromatic rings. The minimum Gasteiger partial charge on any atom is -0.508 e. The second kappa shape index (κ2) is 4.84. The van der Waals surface area contributed by atoms with Gasteiger partial charge in [-0.15, -0.1) is 0 Å². The van der Waals surface area contributed by atoms with Gasteiger partial charge in [0.2, 0.25) is 11.2 Å².